The molecule has 30 heavy (non-hydrogen) atoms. The van der Waals surface area contributed by atoms with Crippen molar-refractivity contribution in [3.05, 3.63) is 58.9 Å². The van der Waals surface area contributed by atoms with Crippen LogP contribution in [0.4, 0.5) is 0 Å². The average molecular weight is 410 g/mol. The smallest absolute Gasteiger partial charge is 0.250 e. The average Bonchev–Trinajstić information content (AvgIpc) is 3.19. The molecule has 4 heterocycles. The summed E-state index contributed by atoms with van der Waals surface area (Å²) in [7, 11) is 0. The van der Waals surface area contributed by atoms with Gasteiger partial charge in [-0.05, 0) is 25.5 Å². The minimum atomic E-state index is -0.316. The Balaban J connectivity index is 1.52. The van der Waals surface area contributed by atoms with Crippen molar-refractivity contribution >= 4 is 0 Å². The molecule has 0 spiro atoms. The molecular formula is C22H26N4O4. The summed E-state index contributed by atoms with van der Waals surface area (Å²) in [6.07, 6.45) is 6.42. The van der Waals surface area contributed by atoms with Crippen LogP contribution in [0.5, 0.6) is 5.88 Å². The van der Waals surface area contributed by atoms with Crippen molar-refractivity contribution in [3.8, 4) is 22.7 Å². The number of pyridine rings is 2. The molecule has 0 bridgehead atoms. The lowest BCUT2D eigenvalue weighted by Crippen LogP contribution is -2.50. The molecular weight excluding hydrogens is 384 g/mol. The Labute approximate surface area is 174 Å². The summed E-state index contributed by atoms with van der Waals surface area (Å²) in [5, 5.41) is 14.0. The van der Waals surface area contributed by atoms with E-state index in [-0.39, 0.29) is 17.6 Å². The molecule has 4 rings (SSSR count). The third kappa shape index (κ3) is 4.01. The maximum atomic E-state index is 11.9. The normalized spacial score (nSPS) is 15.0. The lowest BCUT2D eigenvalue weighted by Gasteiger charge is -2.39. The summed E-state index contributed by atoms with van der Waals surface area (Å²) >= 11 is 0. The number of aliphatic hydroxyl groups excluding tert-OH is 1. The molecule has 1 N–H and O–H groups in total. The number of ether oxygens (including phenoxy) is 2. The number of hydrogen-bond acceptors (Lipinski definition) is 6. The molecule has 0 aliphatic carbocycles. The molecule has 1 fully saturated rings. The van der Waals surface area contributed by atoms with Gasteiger partial charge in [0.1, 0.15) is 6.61 Å². The first-order valence-electron chi connectivity index (χ1n) is 10.1. The zero-order valence-electron chi connectivity index (χ0n) is 17.2. The zero-order chi connectivity index (χ0) is 21.1. The molecule has 1 aliphatic heterocycles. The van der Waals surface area contributed by atoms with Gasteiger partial charge in [-0.3, -0.25) is 4.79 Å². The molecule has 158 valence electrons. The summed E-state index contributed by atoms with van der Waals surface area (Å²) in [5.41, 5.74) is 3.21. The van der Waals surface area contributed by atoms with E-state index < -0.39 is 0 Å². The van der Waals surface area contributed by atoms with E-state index in [1.54, 1.807) is 27.6 Å². The standard InChI is InChI=1S/C22H26N4O4/c1-3-8-25-11-18(4-7-21(25)28)26-10-17(9-23-26)19-5-6-20(24-16(19)2)30-15-22(12-27)13-29-14-22/h4-7,9-11,27H,3,8,12-15H2,1-2H3. The second-order valence-electron chi connectivity index (χ2n) is 7.81. The summed E-state index contributed by atoms with van der Waals surface area (Å²) < 4.78 is 14.4. The van der Waals surface area contributed by atoms with Gasteiger partial charge in [-0.15, -0.1) is 0 Å². The van der Waals surface area contributed by atoms with Crippen LogP contribution in [0.25, 0.3) is 16.8 Å². The van der Waals surface area contributed by atoms with Gasteiger partial charge in [-0.2, -0.15) is 5.10 Å². The van der Waals surface area contributed by atoms with E-state index >= 15 is 0 Å². The Morgan fingerprint density at radius 2 is 2.07 bits per heavy atom. The van der Waals surface area contributed by atoms with Crippen molar-refractivity contribution in [1.82, 2.24) is 19.3 Å². The zero-order valence-corrected chi connectivity index (χ0v) is 17.2. The lowest BCUT2D eigenvalue weighted by molar-refractivity contribution is -0.153. The van der Waals surface area contributed by atoms with Crippen LogP contribution >= 0.6 is 0 Å². The monoisotopic (exact) mass is 410 g/mol. The first-order chi connectivity index (χ1) is 14.5. The molecule has 0 unspecified atom stereocenters. The Kier molecular flexibility index (Phi) is 5.69. The van der Waals surface area contributed by atoms with Crippen molar-refractivity contribution in [2.45, 2.75) is 26.8 Å². The van der Waals surface area contributed by atoms with Gasteiger partial charge in [0, 0.05) is 47.9 Å². The summed E-state index contributed by atoms with van der Waals surface area (Å²) in [6.45, 7) is 6.06. The molecule has 3 aromatic heterocycles. The molecule has 8 heteroatoms. The molecule has 0 amide bonds. The fourth-order valence-corrected chi connectivity index (χ4v) is 3.43. The number of hydrogen-bond donors (Lipinski definition) is 1. The quantitative estimate of drug-likeness (QED) is 0.612. The van der Waals surface area contributed by atoms with Gasteiger partial charge >= 0.3 is 0 Å². The van der Waals surface area contributed by atoms with Gasteiger partial charge in [-0.1, -0.05) is 6.92 Å². The van der Waals surface area contributed by atoms with Gasteiger partial charge in [0.2, 0.25) is 5.88 Å². The van der Waals surface area contributed by atoms with Gasteiger partial charge in [0.15, 0.2) is 0 Å². The molecule has 1 aliphatic rings. The van der Waals surface area contributed by atoms with E-state index in [1.165, 1.54) is 0 Å². The van der Waals surface area contributed by atoms with Crippen LogP contribution in [-0.2, 0) is 11.3 Å². The van der Waals surface area contributed by atoms with Crippen molar-refractivity contribution in [3.63, 3.8) is 0 Å². The Morgan fingerprint density at radius 1 is 1.23 bits per heavy atom. The number of nitrogens with zero attached hydrogens (tertiary/aromatic N) is 4. The van der Waals surface area contributed by atoms with Crippen LogP contribution in [0, 0.1) is 12.3 Å². The third-order valence-electron chi connectivity index (χ3n) is 5.33. The fourth-order valence-electron chi connectivity index (χ4n) is 3.43. The van der Waals surface area contributed by atoms with E-state index in [4.69, 9.17) is 9.47 Å². The van der Waals surface area contributed by atoms with Crippen LogP contribution in [0.1, 0.15) is 19.0 Å². The fraction of sp³-hybridized carbons (Fsp3) is 0.409. The summed E-state index contributed by atoms with van der Waals surface area (Å²) in [4.78, 5) is 16.5. The lowest BCUT2D eigenvalue weighted by atomic mass is 9.88. The molecule has 1 saturated heterocycles. The SMILES string of the molecule is CCCn1cc(-n2cc(-c3ccc(OCC4(CO)COC4)nc3C)cn2)ccc1=O. The predicted molar refractivity (Wildman–Crippen MR) is 112 cm³/mol. The molecule has 0 atom stereocenters. The highest BCUT2D eigenvalue weighted by Gasteiger charge is 2.39. The van der Waals surface area contributed by atoms with Crippen molar-refractivity contribution in [2.75, 3.05) is 26.4 Å². The summed E-state index contributed by atoms with van der Waals surface area (Å²) in [6, 6.07) is 7.12. The van der Waals surface area contributed by atoms with Gasteiger partial charge in [-0.25, -0.2) is 9.67 Å². The van der Waals surface area contributed by atoms with E-state index in [1.807, 2.05) is 38.4 Å². The number of aryl methyl sites for hydroxylation is 2. The highest BCUT2D eigenvalue weighted by Crippen LogP contribution is 2.29. The number of aliphatic hydroxyl groups is 1. The third-order valence-corrected chi connectivity index (χ3v) is 5.33. The van der Waals surface area contributed by atoms with Crippen LogP contribution < -0.4 is 10.3 Å². The van der Waals surface area contributed by atoms with Crippen LogP contribution in [0.2, 0.25) is 0 Å². The predicted octanol–water partition coefficient (Wildman–Crippen LogP) is 2.20. The van der Waals surface area contributed by atoms with E-state index in [0.29, 0.717) is 32.2 Å². The summed E-state index contributed by atoms with van der Waals surface area (Å²) in [5.74, 6) is 0.523. The van der Waals surface area contributed by atoms with Gasteiger partial charge < -0.3 is 19.1 Å². The second kappa shape index (κ2) is 8.41. The van der Waals surface area contributed by atoms with Crippen molar-refractivity contribution in [1.29, 1.82) is 0 Å². The van der Waals surface area contributed by atoms with Crippen molar-refractivity contribution in [2.24, 2.45) is 5.41 Å². The highest BCUT2D eigenvalue weighted by molar-refractivity contribution is 5.65. The Hall–Kier alpha value is -2.97. The maximum absolute atomic E-state index is 11.9. The largest absolute Gasteiger partial charge is 0.477 e. The van der Waals surface area contributed by atoms with E-state index in [0.717, 1.165) is 28.9 Å². The Morgan fingerprint density at radius 3 is 2.73 bits per heavy atom. The van der Waals surface area contributed by atoms with Crippen LogP contribution in [0.3, 0.4) is 0 Å². The number of aromatic nitrogens is 4. The minimum Gasteiger partial charge on any atom is -0.477 e. The molecule has 3 aromatic rings. The van der Waals surface area contributed by atoms with Crippen molar-refractivity contribution < 1.29 is 14.6 Å². The molecule has 0 radical (unpaired) electrons. The molecule has 8 nitrogen and oxygen atoms in total. The highest BCUT2D eigenvalue weighted by atomic mass is 16.5. The first kappa shape index (κ1) is 20.3. The topological polar surface area (TPSA) is 91.4 Å². The van der Waals surface area contributed by atoms with E-state index in [2.05, 4.69) is 10.1 Å². The minimum absolute atomic E-state index is 0.0138. The van der Waals surface area contributed by atoms with Crippen LogP contribution in [-0.4, -0.2) is 50.9 Å². The second-order valence-corrected chi connectivity index (χ2v) is 7.81. The Bertz CT molecular complexity index is 1080. The van der Waals surface area contributed by atoms with Gasteiger partial charge in [0.05, 0.1) is 37.1 Å². The molecule has 0 saturated carbocycles. The van der Waals surface area contributed by atoms with E-state index in [9.17, 15) is 9.90 Å². The first-order valence-corrected chi connectivity index (χ1v) is 10.1. The number of rotatable bonds is 8. The molecule has 0 aromatic carbocycles. The maximum Gasteiger partial charge on any atom is 0.250 e. The van der Waals surface area contributed by atoms with Crippen LogP contribution in [0.15, 0.2) is 47.7 Å². The van der Waals surface area contributed by atoms with Gasteiger partial charge in [0.25, 0.3) is 5.56 Å².